The molecule has 0 bridgehead atoms. The van der Waals surface area contributed by atoms with E-state index in [0.717, 1.165) is 0 Å². The number of aliphatic carboxylic acids is 1. The number of fused-ring (bicyclic) bond motifs is 1. The van der Waals surface area contributed by atoms with Crippen LogP contribution in [0.3, 0.4) is 0 Å². The van der Waals surface area contributed by atoms with E-state index in [9.17, 15) is 9.59 Å². The highest BCUT2D eigenvalue weighted by molar-refractivity contribution is 6.00. The highest BCUT2D eigenvalue weighted by atomic mass is 16.7. The monoisotopic (exact) mass is 280 g/mol. The topological polar surface area (TPSA) is 82.1 Å². The van der Waals surface area contributed by atoms with Gasteiger partial charge in [0.15, 0.2) is 17.3 Å². The first-order chi connectivity index (χ1) is 9.45. The van der Waals surface area contributed by atoms with E-state index >= 15 is 0 Å². The fraction of sp³-hybridized carbons (Fsp3) is 0.429. The lowest BCUT2D eigenvalue weighted by molar-refractivity contribution is -0.142. The van der Waals surface area contributed by atoms with Crippen molar-refractivity contribution in [1.29, 1.82) is 0 Å². The van der Waals surface area contributed by atoms with Gasteiger partial charge < -0.3 is 19.3 Å². The van der Waals surface area contributed by atoms with E-state index in [1.165, 1.54) is 14.0 Å². The molecule has 1 aliphatic rings. The Hall–Kier alpha value is -2.24. The van der Waals surface area contributed by atoms with Gasteiger partial charge in [0.25, 0.3) is 0 Å². The van der Waals surface area contributed by atoms with Gasteiger partial charge in [-0.15, -0.1) is 0 Å². The molecule has 6 nitrogen and oxygen atoms in total. The smallest absolute Gasteiger partial charge is 0.306 e. The normalized spacial score (nSPS) is 15.6. The summed E-state index contributed by atoms with van der Waals surface area (Å²) >= 11 is 0. The standard InChI is InChI=1S/C14H16O6/c1-7(8(2)14(16)17)12(15)9-4-10(18-3)13-11(5-9)19-6-20-13/h4-5,7-8H,6H2,1-3H3,(H,16,17). The summed E-state index contributed by atoms with van der Waals surface area (Å²) in [6, 6.07) is 3.10. The second-order valence-corrected chi connectivity index (χ2v) is 4.69. The predicted octanol–water partition coefficient (Wildman–Crippen LogP) is 1.96. The summed E-state index contributed by atoms with van der Waals surface area (Å²) in [5, 5.41) is 8.98. The summed E-state index contributed by atoms with van der Waals surface area (Å²) in [7, 11) is 1.47. The number of hydrogen-bond donors (Lipinski definition) is 1. The fourth-order valence-electron chi connectivity index (χ4n) is 1.98. The van der Waals surface area contributed by atoms with Crippen molar-refractivity contribution in [2.45, 2.75) is 13.8 Å². The molecule has 0 saturated heterocycles. The second kappa shape index (κ2) is 5.40. The molecule has 2 unspecified atom stereocenters. The van der Waals surface area contributed by atoms with Crippen molar-refractivity contribution in [2.24, 2.45) is 11.8 Å². The molecule has 0 radical (unpaired) electrons. The van der Waals surface area contributed by atoms with Crippen LogP contribution in [-0.4, -0.2) is 30.8 Å². The maximum atomic E-state index is 12.3. The van der Waals surface area contributed by atoms with Crippen LogP contribution in [0.2, 0.25) is 0 Å². The zero-order valence-corrected chi connectivity index (χ0v) is 11.5. The summed E-state index contributed by atoms with van der Waals surface area (Å²) in [5.41, 5.74) is 0.353. The van der Waals surface area contributed by atoms with Gasteiger partial charge in [0, 0.05) is 11.5 Å². The highest BCUT2D eigenvalue weighted by Gasteiger charge is 2.29. The summed E-state index contributed by atoms with van der Waals surface area (Å²) in [6.07, 6.45) is 0. The Morgan fingerprint density at radius 1 is 1.25 bits per heavy atom. The molecule has 1 aromatic carbocycles. The van der Waals surface area contributed by atoms with Crippen molar-refractivity contribution in [3.05, 3.63) is 17.7 Å². The molecule has 2 rings (SSSR count). The van der Waals surface area contributed by atoms with Crippen LogP contribution >= 0.6 is 0 Å². The third-order valence-electron chi connectivity index (χ3n) is 3.50. The first-order valence-electron chi connectivity index (χ1n) is 6.20. The maximum absolute atomic E-state index is 12.3. The van der Waals surface area contributed by atoms with Gasteiger partial charge in [0.2, 0.25) is 12.5 Å². The Labute approximate surface area is 116 Å². The molecule has 6 heteroatoms. The van der Waals surface area contributed by atoms with Gasteiger partial charge in [0.05, 0.1) is 13.0 Å². The lowest BCUT2D eigenvalue weighted by Crippen LogP contribution is -2.25. The number of carbonyl (C=O) groups is 2. The van der Waals surface area contributed by atoms with Gasteiger partial charge in [-0.1, -0.05) is 13.8 Å². The summed E-state index contributed by atoms with van der Waals surface area (Å²) in [6.45, 7) is 3.18. The van der Waals surface area contributed by atoms with E-state index in [1.54, 1.807) is 19.1 Å². The number of carboxylic acids is 1. The molecule has 1 aromatic rings. The number of methoxy groups -OCH3 is 1. The third-order valence-corrected chi connectivity index (χ3v) is 3.50. The molecule has 1 aliphatic heterocycles. The zero-order chi connectivity index (χ0) is 14.9. The van der Waals surface area contributed by atoms with Crippen molar-refractivity contribution >= 4 is 11.8 Å². The number of Topliss-reactive ketones (excluding diaryl/α,β-unsaturated/α-hetero) is 1. The Morgan fingerprint density at radius 3 is 2.55 bits per heavy atom. The van der Waals surface area contributed by atoms with E-state index in [0.29, 0.717) is 22.8 Å². The van der Waals surface area contributed by atoms with Crippen LogP contribution in [0.4, 0.5) is 0 Å². The van der Waals surface area contributed by atoms with Gasteiger partial charge in [-0.2, -0.15) is 0 Å². The number of carbonyl (C=O) groups excluding carboxylic acids is 1. The molecule has 0 amide bonds. The van der Waals surface area contributed by atoms with Gasteiger partial charge in [0.1, 0.15) is 0 Å². The summed E-state index contributed by atoms with van der Waals surface area (Å²) in [5.74, 6) is -1.38. The minimum atomic E-state index is -1.00. The highest BCUT2D eigenvalue weighted by Crippen LogP contribution is 2.42. The van der Waals surface area contributed by atoms with Crippen molar-refractivity contribution < 1.29 is 28.9 Å². The van der Waals surface area contributed by atoms with Crippen LogP contribution in [0.1, 0.15) is 24.2 Å². The number of carboxylic acid groups (broad SMARTS) is 1. The van der Waals surface area contributed by atoms with Gasteiger partial charge in [-0.05, 0) is 12.1 Å². The lowest BCUT2D eigenvalue weighted by Gasteiger charge is -2.15. The van der Waals surface area contributed by atoms with Crippen LogP contribution in [0.5, 0.6) is 17.2 Å². The van der Waals surface area contributed by atoms with E-state index in [4.69, 9.17) is 19.3 Å². The van der Waals surface area contributed by atoms with Gasteiger partial charge in [-0.25, -0.2) is 0 Å². The fourth-order valence-corrected chi connectivity index (χ4v) is 1.98. The van der Waals surface area contributed by atoms with E-state index < -0.39 is 17.8 Å². The van der Waals surface area contributed by atoms with Crippen molar-refractivity contribution in [1.82, 2.24) is 0 Å². The Balaban J connectivity index is 2.33. The molecule has 1 heterocycles. The van der Waals surface area contributed by atoms with Crippen molar-refractivity contribution in [3.63, 3.8) is 0 Å². The Morgan fingerprint density at radius 2 is 1.95 bits per heavy atom. The first-order valence-corrected chi connectivity index (χ1v) is 6.20. The van der Waals surface area contributed by atoms with Crippen LogP contribution < -0.4 is 14.2 Å². The summed E-state index contributed by atoms with van der Waals surface area (Å²) < 4.78 is 15.7. The molecule has 2 atom stereocenters. The number of hydrogen-bond acceptors (Lipinski definition) is 5. The number of ketones is 1. The van der Waals surface area contributed by atoms with Crippen LogP contribution in [0.15, 0.2) is 12.1 Å². The molecule has 20 heavy (non-hydrogen) atoms. The lowest BCUT2D eigenvalue weighted by atomic mass is 9.88. The van der Waals surface area contributed by atoms with Crippen LogP contribution in [0.25, 0.3) is 0 Å². The van der Waals surface area contributed by atoms with Gasteiger partial charge >= 0.3 is 5.97 Å². The quantitative estimate of drug-likeness (QED) is 0.830. The SMILES string of the molecule is COc1cc(C(=O)C(C)C(C)C(=O)O)cc2c1OCO2. The molecule has 0 fully saturated rings. The number of benzene rings is 1. The van der Waals surface area contributed by atoms with E-state index in [2.05, 4.69) is 0 Å². The van der Waals surface area contributed by atoms with E-state index in [-0.39, 0.29) is 12.6 Å². The predicted molar refractivity (Wildman–Crippen MR) is 69.4 cm³/mol. The first kappa shape index (κ1) is 14.2. The average molecular weight is 280 g/mol. The molecular formula is C14H16O6. The molecular weight excluding hydrogens is 264 g/mol. The zero-order valence-electron chi connectivity index (χ0n) is 11.5. The largest absolute Gasteiger partial charge is 0.493 e. The third kappa shape index (κ3) is 2.41. The minimum Gasteiger partial charge on any atom is -0.493 e. The van der Waals surface area contributed by atoms with E-state index in [1.807, 2.05) is 0 Å². The molecule has 0 spiro atoms. The summed E-state index contributed by atoms with van der Waals surface area (Å²) in [4.78, 5) is 23.3. The second-order valence-electron chi connectivity index (χ2n) is 4.69. The Kier molecular flexibility index (Phi) is 3.83. The Bertz CT molecular complexity index is 551. The van der Waals surface area contributed by atoms with Gasteiger partial charge in [-0.3, -0.25) is 9.59 Å². The number of rotatable bonds is 5. The minimum absolute atomic E-state index is 0.0738. The van der Waals surface area contributed by atoms with Crippen molar-refractivity contribution in [3.8, 4) is 17.2 Å². The van der Waals surface area contributed by atoms with Crippen LogP contribution in [-0.2, 0) is 4.79 Å². The maximum Gasteiger partial charge on any atom is 0.306 e. The molecule has 0 aliphatic carbocycles. The molecule has 0 saturated carbocycles. The molecule has 1 N–H and O–H groups in total. The number of ether oxygens (including phenoxy) is 3. The molecule has 108 valence electrons. The van der Waals surface area contributed by atoms with Crippen molar-refractivity contribution in [2.75, 3.05) is 13.9 Å². The molecule has 0 aromatic heterocycles. The van der Waals surface area contributed by atoms with Crippen LogP contribution in [0, 0.1) is 11.8 Å². The average Bonchev–Trinajstić information content (AvgIpc) is 2.91.